The van der Waals surface area contributed by atoms with E-state index in [-0.39, 0.29) is 17.9 Å². The summed E-state index contributed by atoms with van der Waals surface area (Å²) < 4.78 is 18.4. The van der Waals surface area contributed by atoms with E-state index in [1.54, 1.807) is 0 Å². The Morgan fingerprint density at radius 1 is 1.67 bits per heavy atom. The standard InChI is InChI=1S/C9H15FN4O/c1-3-15-6(2)4-12-8-7(10)5-13-9(11)14-8/h5-6H,3-4H2,1-2H3,(H3,11,12,13,14). The van der Waals surface area contributed by atoms with E-state index in [2.05, 4.69) is 15.3 Å². The molecular formula is C9H15FN4O. The second kappa shape index (κ2) is 5.45. The van der Waals surface area contributed by atoms with E-state index in [1.807, 2.05) is 13.8 Å². The summed E-state index contributed by atoms with van der Waals surface area (Å²) >= 11 is 0. The predicted molar refractivity (Wildman–Crippen MR) is 56.0 cm³/mol. The van der Waals surface area contributed by atoms with Crippen molar-refractivity contribution in [3.63, 3.8) is 0 Å². The number of nitrogens with one attached hydrogen (secondary N) is 1. The second-order valence-electron chi connectivity index (χ2n) is 3.07. The Labute approximate surface area is 87.9 Å². The fourth-order valence-electron chi connectivity index (χ4n) is 1.09. The van der Waals surface area contributed by atoms with Crippen molar-refractivity contribution in [3.05, 3.63) is 12.0 Å². The lowest BCUT2D eigenvalue weighted by molar-refractivity contribution is 0.0854. The molecule has 5 nitrogen and oxygen atoms in total. The third-order valence-electron chi connectivity index (χ3n) is 1.77. The van der Waals surface area contributed by atoms with Crippen molar-refractivity contribution < 1.29 is 9.13 Å². The molecule has 1 aromatic rings. The molecule has 1 heterocycles. The molecule has 84 valence electrons. The van der Waals surface area contributed by atoms with Gasteiger partial charge >= 0.3 is 0 Å². The van der Waals surface area contributed by atoms with Gasteiger partial charge in [0.25, 0.3) is 0 Å². The number of hydrogen-bond donors (Lipinski definition) is 2. The topological polar surface area (TPSA) is 73.1 Å². The summed E-state index contributed by atoms with van der Waals surface area (Å²) in [5, 5.41) is 2.81. The van der Waals surface area contributed by atoms with Crippen molar-refractivity contribution in [3.8, 4) is 0 Å². The van der Waals surface area contributed by atoms with E-state index in [4.69, 9.17) is 10.5 Å². The first kappa shape index (κ1) is 11.6. The largest absolute Gasteiger partial charge is 0.377 e. The molecule has 0 aliphatic carbocycles. The summed E-state index contributed by atoms with van der Waals surface area (Å²) in [5.41, 5.74) is 5.33. The lowest BCUT2D eigenvalue weighted by Gasteiger charge is -2.13. The zero-order chi connectivity index (χ0) is 11.3. The summed E-state index contributed by atoms with van der Waals surface area (Å²) in [6, 6.07) is 0. The van der Waals surface area contributed by atoms with Crippen LogP contribution in [0.4, 0.5) is 16.2 Å². The van der Waals surface area contributed by atoms with E-state index in [9.17, 15) is 4.39 Å². The van der Waals surface area contributed by atoms with Gasteiger partial charge < -0.3 is 15.8 Å². The number of hydrogen-bond acceptors (Lipinski definition) is 5. The highest BCUT2D eigenvalue weighted by Gasteiger charge is 2.06. The van der Waals surface area contributed by atoms with Crippen molar-refractivity contribution in [1.82, 2.24) is 9.97 Å². The lowest BCUT2D eigenvalue weighted by Crippen LogP contribution is -2.21. The number of anilines is 2. The van der Waals surface area contributed by atoms with Crippen LogP contribution in [0.3, 0.4) is 0 Å². The van der Waals surface area contributed by atoms with E-state index in [0.717, 1.165) is 6.20 Å². The van der Waals surface area contributed by atoms with E-state index < -0.39 is 5.82 Å². The molecule has 0 saturated heterocycles. The van der Waals surface area contributed by atoms with Gasteiger partial charge in [0.2, 0.25) is 5.95 Å². The van der Waals surface area contributed by atoms with Gasteiger partial charge in [0.15, 0.2) is 11.6 Å². The van der Waals surface area contributed by atoms with Crippen molar-refractivity contribution in [2.24, 2.45) is 0 Å². The molecule has 1 unspecified atom stereocenters. The maximum Gasteiger partial charge on any atom is 0.222 e. The normalized spacial score (nSPS) is 12.5. The SMILES string of the molecule is CCOC(C)CNc1nc(N)ncc1F. The van der Waals surface area contributed by atoms with Gasteiger partial charge in [-0.25, -0.2) is 9.37 Å². The number of halogens is 1. The second-order valence-corrected chi connectivity index (χ2v) is 3.07. The van der Waals surface area contributed by atoms with Gasteiger partial charge in [-0.05, 0) is 13.8 Å². The smallest absolute Gasteiger partial charge is 0.222 e. The van der Waals surface area contributed by atoms with Crippen LogP contribution in [0.15, 0.2) is 6.20 Å². The fourth-order valence-corrected chi connectivity index (χ4v) is 1.09. The summed E-state index contributed by atoms with van der Waals surface area (Å²) in [7, 11) is 0. The average molecular weight is 214 g/mol. The average Bonchev–Trinajstić information content (AvgIpc) is 2.20. The first-order valence-electron chi connectivity index (χ1n) is 4.77. The number of aromatic nitrogens is 2. The van der Waals surface area contributed by atoms with Crippen LogP contribution in [-0.4, -0.2) is 29.2 Å². The third-order valence-corrected chi connectivity index (χ3v) is 1.77. The van der Waals surface area contributed by atoms with Crippen LogP contribution in [-0.2, 0) is 4.74 Å². The molecule has 0 bridgehead atoms. The Morgan fingerprint density at radius 2 is 2.40 bits per heavy atom. The van der Waals surface area contributed by atoms with E-state index >= 15 is 0 Å². The molecule has 15 heavy (non-hydrogen) atoms. The molecule has 3 N–H and O–H groups in total. The summed E-state index contributed by atoms with van der Waals surface area (Å²) in [4.78, 5) is 7.25. The molecule has 0 aliphatic heterocycles. The third kappa shape index (κ3) is 3.67. The number of nitrogens with zero attached hydrogens (tertiary/aromatic N) is 2. The van der Waals surface area contributed by atoms with Gasteiger partial charge in [0.1, 0.15) is 0 Å². The maximum absolute atomic E-state index is 13.1. The first-order valence-corrected chi connectivity index (χ1v) is 4.77. The molecule has 1 aromatic heterocycles. The number of ether oxygens (including phenoxy) is 1. The van der Waals surface area contributed by atoms with Gasteiger partial charge in [-0.15, -0.1) is 0 Å². The van der Waals surface area contributed by atoms with Crippen molar-refractivity contribution in [1.29, 1.82) is 0 Å². The lowest BCUT2D eigenvalue weighted by atomic mass is 10.4. The van der Waals surface area contributed by atoms with Crippen LogP contribution in [0.25, 0.3) is 0 Å². The molecule has 0 saturated carbocycles. The molecule has 0 aliphatic rings. The van der Waals surface area contributed by atoms with Crippen LogP contribution in [0.2, 0.25) is 0 Å². The number of nitrogens with two attached hydrogens (primary N) is 1. The molecule has 0 radical (unpaired) electrons. The predicted octanol–water partition coefficient (Wildman–Crippen LogP) is 1.03. The highest BCUT2D eigenvalue weighted by Crippen LogP contribution is 2.10. The molecule has 1 atom stereocenters. The molecule has 0 aromatic carbocycles. The monoisotopic (exact) mass is 214 g/mol. The van der Waals surface area contributed by atoms with Gasteiger partial charge in [-0.1, -0.05) is 0 Å². The van der Waals surface area contributed by atoms with Gasteiger partial charge in [-0.3, -0.25) is 0 Å². The Hall–Kier alpha value is -1.43. The van der Waals surface area contributed by atoms with Crippen molar-refractivity contribution in [2.75, 3.05) is 24.2 Å². The van der Waals surface area contributed by atoms with E-state index in [1.165, 1.54) is 0 Å². The quantitative estimate of drug-likeness (QED) is 0.766. The maximum atomic E-state index is 13.1. The van der Waals surface area contributed by atoms with E-state index in [0.29, 0.717) is 13.2 Å². The molecule has 0 amide bonds. The van der Waals surface area contributed by atoms with Crippen LogP contribution >= 0.6 is 0 Å². The molecular weight excluding hydrogens is 199 g/mol. The summed E-state index contributed by atoms with van der Waals surface area (Å²) in [6.07, 6.45) is 1.03. The Morgan fingerprint density at radius 3 is 3.07 bits per heavy atom. The molecule has 6 heteroatoms. The number of nitrogen functional groups attached to an aromatic ring is 1. The number of rotatable bonds is 5. The Balaban J connectivity index is 2.53. The minimum absolute atomic E-state index is 0.00871. The zero-order valence-corrected chi connectivity index (χ0v) is 8.83. The minimum atomic E-state index is -0.520. The van der Waals surface area contributed by atoms with Gasteiger partial charge in [-0.2, -0.15) is 4.98 Å². The highest BCUT2D eigenvalue weighted by molar-refractivity contribution is 5.39. The Bertz CT molecular complexity index is 321. The van der Waals surface area contributed by atoms with Crippen molar-refractivity contribution in [2.45, 2.75) is 20.0 Å². The van der Waals surface area contributed by atoms with Crippen LogP contribution in [0.5, 0.6) is 0 Å². The van der Waals surface area contributed by atoms with Crippen LogP contribution in [0.1, 0.15) is 13.8 Å². The Kier molecular flexibility index (Phi) is 4.23. The fraction of sp³-hybridized carbons (Fsp3) is 0.556. The van der Waals surface area contributed by atoms with Crippen LogP contribution in [0, 0.1) is 5.82 Å². The van der Waals surface area contributed by atoms with Crippen LogP contribution < -0.4 is 11.1 Å². The molecule has 0 spiro atoms. The highest BCUT2D eigenvalue weighted by atomic mass is 19.1. The van der Waals surface area contributed by atoms with Gasteiger partial charge in [0.05, 0.1) is 12.3 Å². The molecule has 1 rings (SSSR count). The minimum Gasteiger partial charge on any atom is -0.377 e. The first-order chi connectivity index (χ1) is 7.13. The molecule has 0 fully saturated rings. The van der Waals surface area contributed by atoms with Crippen molar-refractivity contribution >= 4 is 11.8 Å². The zero-order valence-electron chi connectivity index (χ0n) is 8.83. The summed E-state index contributed by atoms with van der Waals surface area (Å²) in [6.45, 7) is 4.89. The summed E-state index contributed by atoms with van der Waals surface area (Å²) in [5.74, 6) is -0.370. The van der Waals surface area contributed by atoms with Gasteiger partial charge in [0, 0.05) is 13.2 Å².